The van der Waals surface area contributed by atoms with Crippen molar-refractivity contribution in [1.82, 2.24) is 5.32 Å². The fraction of sp³-hybridized carbons (Fsp3) is 0.278. The number of anilines is 1. The zero-order valence-electron chi connectivity index (χ0n) is 14.1. The molecule has 27 heavy (non-hydrogen) atoms. The van der Waals surface area contributed by atoms with E-state index in [4.69, 9.17) is 0 Å². The number of amides is 2. The van der Waals surface area contributed by atoms with Gasteiger partial charge in [-0.3, -0.25) is 0 Å². The van der Waals surface area contributed by atoms with Crippen LogP contribution in [0.3, 0.4) is 0 Å². The number of rotatable bonds is 3. The van der Waals surface area contributed by atoms with Crippen molar-refractivity contribution < 1.29 is 26.4 Å². The van der Waals surface area contributed by atoms with E-state index in [9.17, 15) is 26.4 Å². The second-order valence-corrected chi connectivity index (χ2v) is 8.55. The van der Waals surface area contributed by atoms with E-state index >= 15 is 0 Å². The highest BCUT2D eigenvalue weighted by molar-refractivity contribution is 7.91. The van der Waals surface area contributed by atoms with Crippen LogP contribution in [-0.2, 0) is 16.0 Å². The molecule has 1 unspecified atom stereocenters. The van der Waals surface area contributed by atoms with Crippen LogP contribution in [0.2, 0.25) is 0 Å². The highest BCUT2D eigenvalue weighted by Gasteiger charge is 2.34. The molecular weight excluding hydrogens is 381 g/mol. The zero-order chi connectivity index (χ0) is 19.7. The third-order valence-corrected chi connectivity index (χ3v) is 6.00. The van der Waals surface area contributed by atoms with Gasteiger partial charge in [0.15, 0.2) is 9.84 Å². The first-order valence-electron chi connectivity index (χ1n) is 8.19. The van der Waals surface area contributed by atoms with Gasteiger partial charge in [0.1, 0.15) is 0 Å². The lowest BCUT2D eigenvalue weighted by Crippen LogP contribution is -2.38. The molecule has 1 saturated heterocycles. The van der Waals surface area contributed by atoms with Crippen LogP contribution in [0, 0.1) is 0 Å². The van der Waals surface area contributed by atoms with Gasteiger partial charge in [-0.25, -0.2) is 13.2 Å². The topological polar surface area (TPSA) is 75.3 Å². The number of benzene rings is 2. The smallest absolute Gasteiger partial charge is 0.334 e. The van der Waals surface area contributed by atoms with Gasteiger partial charge in [0.2, 0.25) is 0 Å². The monoisotopic (exact) mass is 398 g/mol. The Bertz CT molecular complexity index is 944. The molecule has 0 radical (unpaired) electrons. The summed E-state index contributed by atoms with van der Waals surface area (Å²) in [5.41, 5.74) is -0.469. The van der Waals surface area contributed by atoms with Crippen molar-refractivity contribution in [2.24, 2.45) is 0 Å². The quantitative estimate of drug-likeness (QED) is 0.828. The summed E-state index contributed by atoms with van der Waals surface area (Å²) >= 11 is 0. The number of hydrogen-bond donors (Lipinski definition) is 2. The molecule has 1 aliphatic heterocycles. The first-order valence-corrected chi connectivity index (χ1v) is 10.0. The second-order valence-electron chi connectivity index (χ2n) is 6.32. The van der Waals surface area contributed by atoms with Crippen LogP contribution in [-0.4, -0.2) is 32.0 Å². The predicted molar refractivity (Wildman–Crippen MR) is 96.1 cm³/mol. The summed E-state index contributed by atoms with van der Waals surface area (Å²) in [7, 11) is -3.17. The van der Waals surface area contributed by atoms with Crippen LogP contribution < -0.4 is 10.6 Å². The molecule has 2 amide bonds. The highest BCUT2D eigenvalue weighted by Crippen LogP contribution is 2.38. The van der Waals surface area contributed by atoms with E-state index in [1.165, 1.54) is 12.1 Å². The van der Waals surface area contributed by atoms with Gasteiger partial charge in [-0.05, 0) is 29.7 Å². The molecule has 9 heteroatoms. The molecule has 0 aliphatic carbocycles. The van der Waals surface area contributed by atoms with Crippen LogP contribution >= 0.6 is 0 Å². The Morgan fingerprint density at radius 1 is 1.07 bits per heavy atom. The summed E-state index contributed by atoms with van der Waals surface area (Å²) in [6.07, 6.45) is -4.31. The number of carbonyl (C=O) groups excluding carboxylic acids is 1. The van der Waals surface area contributed by atoms with Gasteiger partial charge in [-0.2, -0.15) is 13.2 Å². The molecule has 144 valence electrons. The summed E-state index contributed by atoms with van der Waals surface area (Å²) in [5, 5.41) is 4.82. The lowest BCUT2D eigenvalue weighted by atomic mass is 9.98. The van der Waals surface area contributed by atoms with E-state index in [2.05, 4.69) is 10.6 Å². The van der Waals surface area contributed by atoms with Crippen LogP contribution in [0.1, 0.15) is 12.0 Å². The number of halogens is 3. The number of nitrogens with one attached hydrogen (secondary N) is 2. The standard InChI is InChI=1S/C18H17F3N2O3S/c19-18(20,21)16-10-13(6-7-15(16)12-4-2-1-3-5-12)22-17(24)23-14-8-9-27(25,26)11-14/h1-7,10,14H,8-9,11H2,(H2,22,23,24). The van der Waals surface area contributed by atoms with Gasteiger partial charge >= 0.3 is 12.2 Å². The van der Waals surface area contributed by atoms with Crippen molar-refractivity contribution in [2.75, 3.05) is 16.8 Å². The Hall–Kier alpha value is -2.55. The lowest BCUT2D eigenvalue weighted by Gasteiger charge is -2.16. The Morgan fingerprint density at radius 3 is 2.37 bits per heavy atom. The molecule has 1 atom stereocenters. The van der Waals surface area contributed by atoms with Gasteiger partial charge < -0.3 is 10.6 Å². The van der Waals surface area contributed by atoms with Gasteiger partial charge in [0.25, 0.3) is 0 Å². The maximum Gasteiger partial charge on any atom is 0.417 e. The maximum absolute atomic E-state index is 13.5. The van der Waals surface area contributed by atoms with Crippen molar-refractivity contribution >= 4 is 21.6 Å². The average molecular weight is 398 g/mol. The minimum atomic E-state index is -4.60. The van der Waals surface area contributed by atoms with Gasteiger partial charge in [0.05, 0.1) is 17.1 Å². The van der Waals surface area contributed by atoms with Gasteiger partial charge in [-0.1, -0.05) is 36.4 Å². The molecule has 2 aromatic rings. The van der Waals surface area contributed by atoms with Crippen LogP contribution in [0.4, 0.5) is 23.7 Å². The van der Waals surface area contributed by atoms with Crippen LogP contribution in [0.15, 0.2) is 48.5 Å². The van der Waals surface area contributed by atoms with E-state index in [1.54, 1.807) is 30.3 Å². The summed E-state index contributed by atoms with van der Waals surface area (Å²) in [6, 6.07) is 10.4. The molecule has 5 nitrogen and oxygen atoms in total. The number of sulfone groups is 1. The molecule has 0 spiro atoms. The van der Waals surface area contributed by atoms with Crippen molar-refractivity contribution in [1.29, 1.82) is 0 Å². The summed E-state index contributed by atoms with van der Waals surface area (Å²) in [5.74, 6) is -0.177. The number of hydrogen-bond acceptors (Lipinski definition) is 3. The first-order chi connectivity index (χ1) is 12.6. The van der Waals surface area contributed by atoms with Crippen molar-refractivity contribution in [3.8, 4) is 11.1 Å². The lowest BCUT2D eigenvalue weighted by molar-refractivity contribution is -0.137. The average Bonchev–Trinajstić information content (AvgIpc) is 2.93. The molecule has 0 saturated carbocycles. The normalized spacial score (nSPS) is 18.9. The number of urea groups is 1. The highest BCUT2D eigenvalue weighted by atomic mass is 32.2. The van der Waals surface area contributed by atoms with Crippen molar-refractivity contribution in [3.63, 3.8) is 0 Å². The minimum absolute atomic E-state index is 0.0101. The van der Waals surface area contributed by atoms with Crippen molar-refractivity contribution in [2.45, 2.75) is 18.6 Å². The van der Waals surface area contributed by atoms with Gasteiger partial charge in [0, 0.05) is 11.7 Å². The molecule has 0 bridgehead atoms. The molecular formula is C18H17F3N2O3S. The van der Waals surface area contributed by atoms with Crippen LogP contribution in [0.25, 0.3) is 11.1 Å². The van der Waals surface area contributed by atoms with Crippen LogP contribution in [0.5, 0.6) is 0 Å². The van der Waals surface area contributed by atoms with E-state index in [-0.39, 0.29) is 29.2 Å². The fourth-order valence-electron chi connectivity index (χ4n) is 2.99. The largest absolute Gasteiger partial charge is 0.417 e. The molecule has 2 N–H and O–H groups in total. The number of alkyl halides is 3. The van der Waals surface area contributed by atoms with E-state index in [0.29, 0.717) is 5.56 Å². The van der Waals surface area contributed by atoms with E-state index < -0.39 is 33.6 Å². The molecule has 1 aliphatic rings. The van der Waals surface area contributed by atoms with Gasteiger partial charge in [-0.15, -0.1) is 0 Å². The number of carbonyl (C=O) groups is 1. The van der Waals surface area contributed by atoms with Crippen molar-refractivity contribution in [3.05, 3.63) is 54.1 Å². The first kappa shape index (κ1) is 19.2. The molecule has 0 aromatic heterocycles. The second kappa shape index (κ2) is 7.22. The Kier molecular flexibility index (Phi) is 5.14. The Morgan fingerprint density at radius 2 is 1.78 bits per heavy atom. The summed E-state index contributed by atoms with van der Waals surface area (Å²) < 4.78 is 63.2. The summed E-state index contributed by atoms with van der Waals surface area (Å²) in [6.45, 7) is 0. The molecule has 3 rings (SSSR count). The predicted octanol–water partition coefficient (Wildman–Crippen LogP) is 3.68. The maximum atomic E-state index is 13.5. The molecule has 1 heterocycles. The minimum Gasteiger partial charge on any atom is -0.334 e. The van der Waals surface area contributed by atoms with E-state index in [1.807, 2.05) is 0 Å². The fourth-order valence-corrected chi connectivity index (χ4v) is 4.66. The molecule has 2 aromatic carbocycles. The Labute approximate surface area is 154 Å². The third-order valence-electron chi connectivity index (χ3n) is 4.24. The SMILES string of the molecule is O=C(Nc1ccc(-c2ccccc2)c(C(F)(F)F)c1)NC1CCS(=O)(=O)C1. The Balaban J connectivity index is 1.80. The summed E-state index contributed by atoms with van der Waals surface area (Å²) in [4.78, 5) is 12.0. The third kappa shape index (κ3) is 4.79. The van der Waals surface area contributed by atoms with E-state index in [0.717, 1.165) is 6.07 Å². The zero-order valence-corrected chi connectivity index (χ0v) is 14.9. The molecule has 1 fully saturated rings.